The summed E-state index contributed by atoms with van der Waals surface area (Å²) in [7, 11) is 0. The van der Waals surface area contributed by atoms with E-state index in [1.54, 1.807) is 4.57 Å². The summed E-state index contributed by atoms with van der Waals surface area (Å²) < 4.78 is 1.70. The van der Waals surface area contributed by atoms with E-state index >= 15 is 0 Å². The number of aromatic carboxylic acids is 1. The van der Waals surface area contributed by atoms with E-state index in [4.69, 9.17) is 11.6 Å². The normalized spacial score (nSPS) is 11.0. The third kappa shape index (κ3) is 4.20. The molecule has 0 saturated heterocycles. The number of halogens is 1. The van der Waals surface area contributed by atoms with Gasteiger partial charge in [-0.1, -0.05) is 73.5 Å². The number of hydrogen-bond acceptors (Lipinski definition) is 5. The third-order valence-corrected chi connectivity index (χ3v) is 5.37. The number of imidazole rings is 1. The summed E-state index contributed by atoms with van der Waals surface area (Å²) in [6.45, 7) is 2.41. The second kappa shape index (κ2) is 9.09. The minimum Gasteiger partial charge on any atom is -0.476 e. The topological polar surface area (TPSA) is 110 Å². The molecule has 0 unspecified atom stereocenters. The van der Waals surface area contributed by atoms with Gasteiger partial charge in [-0.2, -0.15) is 5.21 Å². The molecule has 0 spiro atoms. The molecule has 2 heterocycles. The fraction of sp³-hybridized carbons (Fsp3) is 0.227. The molecule has 0 saturated carbocycles. The van der Waals surface area contributed by atoms with Gasteiger partial charge in [0.15, 0.2) is 10.8 Å². The van der Waals surface area contributed by atoms with Crippen LogP contribution in [0.15, 0.2) is 48.5 Å². The first-order valence-electron chi connectivity index (χ1n) is 9.99. The maximum atomic E-state index is 11.9. The molecule has 0 aliphatic rings. The second-order valence-corrected chi connectivity index (χ2v) is 7.46. The number of nitrogens with one attached hydrogen (secondary N) is 1. The first-order chi connectivity index (χ1) is 15.1. The van der Waals surface area contributed by atoms with Gasteiger partial charge in [-0.3, -0.25) is 0 Å². The first kappa shape index (κ1) is 20.7. The number of unbranched alkanes of at least 4 members (excludes halogenated alkanes) is 1. The number of hydrogen-bond donors (Lipinski definition) is 2. The zero-order valence-corrected chi connectivity index (χ0v) is 17.7. The Labute approximate surface area is 183 Å². The molecule has 2 N–H and O–H groups in total. The molecule has 2 aromatic carbocycles. The van der Waals surface area contributed by atoms with E-state index in [9.17, 15) is 9.90 Å². The van der Waals surface area contributed by atoms with Gasteiger partial charge in [-0.15, -0.1) is 10.2 Å². The Balaban J connectivity index is 1.82. The van der Waals surface area contributed by atoms with Crippen LogP contribution in [0.25, 0.3) is 22.5 Å². The molecule has 0 fully saturated rings. The summed E-state index contributed by atoms with van der Waals surface area (Å²) in [4.78, 5) is 16.3. The SMILES string of the molecule is CCCCc1nc(Cl)c(C(=O)O)n1Cc1ccccc1-c1ccccc1-c1nn[nH]n1. The van der Waals surface area contributed by atoms with Gasteiger partial charge in [-0.25, -0.2) is 9.78 Å². The van der Waals surface area contributed by atoms with Crippen LogP contribution in [-0.2, 0) is 13.0 Å². The van der Waals surface area contributed by atoms with Gasteiger partial charge in [0.05, 0.1) is 6.54 Å². The Morgan fingerprint density at radius 2 is 1.81 bits per heavy atom. The standard InChI is InChI=1S/C22H21ClN6O2/c1-2-3-12-18-24-20(23)19(22(30)31)29(18)13-14-8-4-5-9-15(14)16-10-6-7-11-17(16)21-25-27-28-26-21/h4-11H,2-3,12-13H2,1H3,(H,30,31)(H,25,26,27,28). The van der Waals surface area contributed by atoms with E-state index < -0.39 is 5.97 Å². The Hall–Kier alpha value is -3.52. The molecule has 0 amide bonds. The van der Waals surface area contributed by atoms with Crippen molar-refractivity contribution in [3.8, 4) is 22.5 Å². The van der Waals surface area contributed by atoms with Gasteiger partial charge in [0.25, 0.3) is 0 Å². The predicted octanol–water partition coefficient (Wildman–Crippen LogP) is 4.47. The first-order valence-corrected chi connectivity index (χ1v) is 10.4. The molecular weight excluding hydrogens is 416 g/mol. The van der Waals surface area contributed by atoms with Crippen molar-refractivity contribution in [1.29, 1.82) is 0 Å². The summed E-state index contributed by atoms with van der Waals surface area (Å²) in [6, 6.07) is 15.6. The van der Waals surface area contributed by atoms with Gasteiger partial charge in [0.1, 0.15) is 5.82 Å². The Morgan fingerprint density at radius 3 is 2.48 bits per heavy atom. The van der Waals surface area contributed by atoms with Crippen molar-refractivity contribution >= 4 is 17.6 Å². The summed E-state index contributed by atoms with van der Waals surface area (Å²) in [5.41, 5.74) is 3.65. The minimum absolute atomic E-state index is 0.00836. The summed E-state index contributed by atoms with van der Waals surface area (Å²) in [6.07, 6.45) is 2.53. The average molecular weight is 437 g/mol. The second-order valence-electron chi connectivity index (χ2n) is 7.10. The van der Waals surface area contributed by atoms with Gasteiger partial charge in [0.2, 0.25) is 5.82 Å². The van der Waals surface area contributed by atoms with Crippen LogP contribution in [0, 0.1) is 0 Å². The van der Waals surface area contributed by atoms with Crippen molar-refractivity contribution in [2.24, 2.45) is 0 Å². The molecule has 9 heteroatoms. The highest BCUT2D eigenvalue weighted by atomic mass is 35.5. The summed E-state index contributed by atoms with van der Waals surface area (Å²) >= 11 is 6.20. The highest BCUT2D eigenvalue weighted by Gasteiger charge is 2.22. The molecule has 0 radical (unpaired) electrons. The molecule has 4 aromatic rings. The number of aryl methyl sites for hydroxylation is 1. The van der Waals surface area contributed by atoms with Crippen molar-refractivity contribution in [3.63, 3.8) is 0 Å². The fourth-order valence-corrected chi connectivity index (χ4v) is 3.93. The Kier molecular flexibility index (Phi) is 6.08. The maximum absolute atomic E-state index is 11.9. The molecule has 158 valence electrons. The third-order valence-electron chi connectivity index (χ3n) is 5.11. The number of carboxylic acids is 1. The van der Waals surface area contributed by atoms with E-state index in [0.29, 0.717) is 24.6 Å². The predicted molar refractivity (Wildman–Crippen MR) is 117 cm³/mol. The van der Waals surface area contributed by atoms with Crippen molar-refractivity contribution in [2.75, 3.05) is 0 Å². The molecule has 4 rings (SSSR count). The number of aromatic nitrogens is 6. The summed E-state index contributed by atoms with van der Waals surface area (Å²) in [5.74, 6) is 0.0707. The van der Waals surface area contributed by atoms with Crippen LogP contribution in [0.3, 0.4) is 0 Å². The van der Waals surface area contributed by atoms with Crippen LogP contribution in [0.1, 0.15) is 41.6 Å². The van der Waals surface area contributed by atoms with E-state index in [-0.39, 0.29) is 10.8 Å². The smallest absolute Gasteiger partial charge is 0.355 e. The molecule has 8 nitrogen and oxygen atoms in total. The number of carboxylic acid groups (broad SMARTS) is 1. The van der Waals surface area contributed by atoms with Crippen LogP contribution in [0.2, 0.25) is 5.15 Å². The van der Waals surface area contributed by atoms with Crippen LogP contribution < -0.4 is 0 Å². The fourth-order valence-electron chi connectivity index (χ4n) is 3.65. The number of carbonyl (C=O) groups is 1. The number of benzene rings is 2. The van der Waals surface area contributed by atoms with Gasteiger partial charge >= 0.3 is 5.97 Å². The van der Waals surface area contributed by atoms with Crippen LogP contribution in [0.4, 0.5) is 0 Å². The molecule has 0 atom stereocenters. The van der Waals surface area contributed by atoms with Crippen molar-refractivity contribution < 1.29 is 9.90 Å². The van der Waals surface area contributed by atoms with Crippen LogP contribution >= 0.6 is 11.6 Å². The van der Waals surface area contributed by atoms with E-state index in [1.807, 2.05) is 48.5 Å². The zero-order chi connectivity index (χ0) is 21.8. The van der Waals surface area contributed by atoms with Crippen molar-refractivity contribution in [1.82, 2.24) is 30.2 Å². The molecule has 0 bridgehead atoms. The zero-order valence-electron chi connectivity index (χ0n) is 16.9. The largest absolute Gasteiger partial charge is 0.476 e. The van der Waals surface area contributed by atoms with Crippen LogP contribution in [0.5, 0.6) is 0 Å². The highest BCUT2D eigenvalue weighted by molar-refractivity contribution is 6.32. The van der Waals surface area contributed by atoms with E-state index in [0.717, 1.165) is 35.1 Å². The van der Waals surface area contributed by atoms with Gasteiger partial charge in [-0.05, 0) is 28.3 Å². The quantitative estimate of drug-likeness (QED) is 0.421. The van der Waals surface area contributed by atoms with E-state index in [2.05, 4.69) is 32.5 Å². The monoisotopic (exact) mass is 436 g/mol. The number of tetrazole rings is 1. The van der Waals surface area contributed by atoms with Crippen molar-refractivity contribution in [3.05, 3.63) is 70.8 Å². The lowest BCUT2D eigenvalue weighted by molar-refractivity contribution is 0.0685. The molecule has 0 aliphatic heterocycles. The summed E-state index contributed by atoms with van der Waals surface area (Å²) in [5, 5.41) is 24.2. The number of aromatic amines is 1. The lowest BCUT2D eigenvalue weighted by Crippen LogP contribution is -2.13. The number of nitrogens with zero attached hydrogens (tertiary/aromatic N) is 5. The Bertz CT molecular complexity index is 1200. The highest BCUT2D eigenvalue weighted by Crippen LogP contribution is 2.33. The Morgan fingerprint density at radius 1 is 1.10 bits per heavy atom. The average Bonchev–Trinajstić information content (AvgIpc) is 3.41. The maximum Gasteiger partial charge on any atom is 0.355 e. The molecule has 0 aliphatic carbocycles. The molecule has 2 aromatic heterocycles. The number of H-pyrrole nitrogens is 1. The van der Waals surface area contributed by atoms with Crippen molar-refractivity contribution in [2.45, 2.75) is 32.7 Å². The van der Waals surface area contributed by atoms with Crippen LogP contribution in [-0.4, -0.2) is 41.3 Å². The lowest BCUT2D eigenvalue weighted by Gasteiger charge is -2.15. The van der Waals surface area contributed by atoms with Gasteiger partial charge < -0.3 is 9.67 Å². The van der Waals surface area contributed by atoms with Gasteiger partial charge in [0, 0.05) is 12.0 Å². The lowest BCUT2D eigenvalue weighted by atomic mass is 9.95. The molecule has 31 heavy (non-hydrogen) atoms. The molecular formula is C22H21ClN6O2. The van der Waals surface area contributed by atoms with E-state index in [1.165, 1.54) is 0 Å². The minimum atomic E-state index is -1.09. The number of rotatable bonds is 8.